The normalized spacial score (nSPS) is 25.4. The van der Waals surface area contributed by atoms with Gasteiger partial charge in [-0.2, -0.15) is 4.98 Å². The van der Waals surface area contributed by atoms with Gasteiger partial charge >= 0.3 is 7.82 Å². The van der Waals surface area contributed by atoms with Crippen LogP contribution in [0.5, 0.6) is 0 Å². The fraction of sp³-hybridized carbons (Fsp3) is 0.467. The number of aliphatic hydroxyl groups excluding tert-OH is 2. The van der Waals surface area contributed by atoms with E-state index in [4.69, 9.17) is 19.5 Å². The van der Waals surface area contributed by atoms with E-state index in [0.717, 1.165) is 6.08 Å². The Kier molecular flexibility index (Phi) is 6.86. The summed E-state index contributed by atoms with van der Waals surface area (Å²) in [4.78, 5) is 42.7. The smallest absolute Gasteiger partial charge is 0.387 e. The van der Waals surface area contributed by atoms with Crippen molar-refractivity contribution >= 4 is 30.8 Å². The second-order valence-corrected chi connectivity index (χ2v) is 7.87. The summed E-state index contributed by atoms with van der Waals surface area (Å²) >= 11 is 0. The van der Waals surface area contributed by atoms with Crippen molar-refractivity contribution in [1.29, 1.82) is 0 Å². The minimum atomic E-state index is -4.54. The van der Waals surface area contributed by atoms with E-state index in [1.165, 1.54) is 10.9 Å². The lowest BCUT2D eigenvalue weighted by Gasteiger charge is -2.17. The Bertz CT molecular complexity index is 1070. The predicted octanol–water partition coefficient (Wildman–Crippen LogP) is -2.24. The fourth-order valence-corrected chi connectivity index (χ4v) is 3.57. The van der Waals surface area contributed by atoms with Crippen LogP contribution in [0, 0.1) is 0 Å². The molecular weight excluding hydrogens is 439 g/mol. The van der Waals surface area contributed by atoms with Gasteiger partial charge in [0, 0.05) is 6.54 Å². The summed E-state index contributed by atoms with van der Waals surface area (Å²) in [6, 6.07) is 0. The number of imidazole rings is 1. The molecule has 31 heavy (non-hydrogen) atoms. The second kappa shape index (κ2) is 9.23. The van der Waals surface area contributed by atoms with Crippen LogP contribution in [0.1, 0.15) is 6.23 Å². The third-order valence-corrected chi connectivity index (χ3v) is 5.29. The Morgan fingerprint density at radius 3 is 2.90 bits per heavy atom. The predicted molar refractivity (Wildman–Crippen MR) is 103 cm³/mol. The number of ether oxygens (including phenoxy) is 1. The number of hydrogen-bond donors (Lipinski definition) is 6. The molecule has 1 unspecified atom stereocenters. The number of phosphoric acid groups is 1. The first kappa shape index (κ1) is 23.0. The number of aromatic amines is 1. The van der Waals surface area contributed by atoms with E-state index in [1.807, 2.05) is 0 Å². The van der Waals surface area contributed by atoms with Crippen molar-refractivity contribution in [2.45, 2.75) is 24.5 Å². The number of carbonyl (C=O) groups is 1. The molecule has 1 saturated heterocycles. The molecule has 5 atom stereocenters. The minimum absolute atomic E-state index is 0.0109. The Balaban J connectivity index is 1.62. The number of carbonyl (C=O) groups excluding carboxylic acids is 1. The van der Waals surface area contributed by atoms with Crippen LogP contribution in [0.25, 0.3) is 11.2 Å². The van der Waals surface area contributed by atoms with E-state index < -0.39 is 50.4 Å². The van der Waals surface area contributed by atoms with E-state index in [0.29, 0.717) is 0 Å². The Morgan fingerprint density at radius 1 is 1.45 bits per heavy atom. The topological polar surface area (TPSA) is 224 Å². The number of nitrogen functional groups attached to an aromatic ring is 1. The Hall–Kier alpha value is -2.65. The van der Waals surface area contributed by atoms with Crippen molar-refractivity contribution in [2.24, 2.45) is 0 Å². The van der Waals surface area contributed by atoms with E-state index in [1.54, 1.807) is 0 Å². The van der Waals surface area contributed by atoms with Crippen molar-refractivity contribution in [3.63, 3.8) is 0 Å². The van der Waals surface area contributed by atoms with E-state index in [-0.39, 0.29) is 30.3 Å². The lowest BCUT2D eigenvalue weighted by Crippen LogP contribution is -2.33. The van der Waals surface area contributed by atoms with Crippen molar-refractivity contribution in [1.82, 2.24) is 24.8 Å². The highest BCUT2D eigenvalue weighted by molar-refractivity contribution is 7.47. The van der Waals surface area contributed by atoms with E-state index in [9.17, 15) is 29.3 Å². The van der Waals surface area contributed by atoms with Crippen molar-refractivity contribution in [2.75, 3.05) is 25.5 Å². The average molecular weight is 460 g/mol. The molecule has 7 N–H and O–H groups in total. The van der Waals surface area contributed by atoms with Crippen molar-refractivity contribution in [3.05, 3.63) is 29.3 Å². The van der Waals surface area contributed by atoms with E-state index >= 15 is 0 Å². The number of anilines is 1. The molecule has 3 heterocycles. The molecular formula is C15H21N6O9P. The van der Waals surface area contributed by atoms with Gasteiger partial charge in [0.2, 0.25) is 11.9 Å². The maximum absolute atomic E-state index is 11.9. The minimum Gasteiger partial charge on any atom is -0.387 e. The quantitative estimate of drug-likeness (QED) is 0.133. The first-order valence-electron chi connectivity index (χ1n) is 8.89. The molecule has 170 valence electrons. The number of H-pyrrole nitrogens is 1. The van der Waals surface area contributed by atoms with Gasteiger partial charge in [0.1, 0.15) is 18.3 Å². The number of amides is 1. The van der Waals surface area contributed by atoms with Gasteiger partial charge in [-0.1, -0.05) is 6.58 Å². The van der Waals surface area contributed by atoms with Crippen LogP contribution in [0.3, 0.4) is 0 Å². The van der Waals surface area contributed by atoms with Crippen LogP contribution in [0.2, 0.25) is 0 Å². The largest absolute Gasteiger partial charge is 0.472 e. The van der Waals surface area contributed by atoms with Gasteiger partial charge in [-0.15, -0.1) is 0 Å². The summed E-state index contributed by atoms with van der Waals surface area (Å²) in [6.07, 6.45) is -3.25. The first-order chi connectivity index (χ1) is 14.6. The number of rotatable bonds is 9. The lowest BCUT2D eigenvalue weighted by molar-refractivity contribution is -0.116. The molecule has 16 heteroatoms. The van der Waals surface area contributed by atoms with Gasteiger partial charge in [-0.25, -0.2) is 9.55 Å². The molecule has 0 saturated carbocycles. The first-order valence-corrected chi connectivity index (χ1v) is 10.4. The number of phosphoric ester groups is 1. The Morgan fingerprint density at radius 2 is 2.19 bits per heavy atom. The number of aliphatic hydroxyl groups is 2. The SMILES string of the molecule is C=CC(=O)NCCOP(=O)(O)OC[C@H]1O[C@@H](n2cnc3c(=O)[nH]c(N)nc32)[C@H](O)[C@@H]1O. The van der Waals surface area contributed by atoms with Crippen LogP contribution >= 0.6 is 7.82 Å². The van der Waals surface area contributed by atoms with Crippen LogP contribution in [-0.2, 0) is 23.1 Å². The molecule has 1 aliphatic rings. The molecule has 0 bridgehead atoms. The molecule has 0 aromatic carbocycles. The zero-order chi connectivity index (χ0) is 22.8. The molecule has 0 aliphatic carbocycles. The van der Waals surface area contributed by atoms with Gasteiger partial charge in [-0.05, 0) is 6.08 Å². The number of nitrogens with one attached hydrogen (secondary N) is 2. The lowest BCUT2D eigenvalue weighted by atomic mass is 10.1. The zero-order valence-corrected chi connectivity index (χ0v) is 16.8. The summed E-state index contributed by atoms with van der Waals surface area (Å²) in [7, 11) is -4.54. The molecule has 0 radical (unpaired) electrons. The maximum atomic E-state index is 11.9. The molecule has 2 aromatic heterocycles. The summed E-state index contributed by atoms with van der Waals surface area (Å²) in [6.45, 7) is 2.26. The average Bonchev–Trinajstić information content (AvgIpc) is 3.25. The van der Waals surface area contributed by atoms with Gasteiger partial charge in [0.15, 0.2) is 17.4 Å². The summed E-state index contributed by atoms with van der Waals surface area (Å²) in [5.74, 6) is -0.667. The fourth-order valence-electron chi connectivity index (χ4n) is 2.84. The third-order valence-electron chi connectivity index (χ3n) is 4.31. The zero-order valence-electron chi connectivity index (χ0n) is 15.9. The van der Waals surface area contributed by atoms with Crippen molar-refractivity contribution in [3.8, 4) is 0 Å². The van der Waals surface area contributed by atoms with Crippen LogP contribution in [0.15, 0.2) is 23.8 Å². The summed E-state index contributed by atoms with van der Waals surface area (Å²) < 4.78 is 28.2. The summed E-state index contributed by atoms with van der Waals surface area (Å²) in [5.41, 5.74) is 4.88. The third kappa shape index (κ3) is 5.16. The second-order valence-electron chi connectivity index (χ2n) is 6.41. The number of nitrogens with two attached hydrogens (primary N) is 1. The van der Waals surface area contributed by atoms with Crippen LogP contribution in [-0.4, -0.2) is 78.6 Å². The molecule has 2 aromatic rings. The van der Waals surface area contributed by atoms with Crippen LogP contribution in [0.4, 0.5) is 5.95 Å². The molecule has 1 aliphatic heterocycles. The van der Waals surface area contributed by atoms with Crippen molar-refractivity contribution < 1.29 is 38.3 Å². The number of fused-ring (bicyclic) bond motifs is 1. The number of aromatic nitrogens is 4. The van der Waals surface area contributed by atoms with E-state index in [2.05, 4.69) is 26.8 Å². The molecule has 1 amide bonds. The van der Waals surface area contributed by atoms with Crippen LogP contribution < -0.4 is 16.6 Å². The maximum Gasteiger partial charge on any atom is 0.472 e. The molecule has 0 spiro atoms. The molecule has 15 nitrogen and oxygen atoms in total. The highest BCUT2D eigenvalue weighted by Gasteiger charge is 2.45. The molecule has 1 fully saturated rings. The number of nitrogens with zero attached hydrogens (tertiary/aromatic N) is 3. The van der Waals surface area contributed by atoms with Gasteiger partial charge < -0.3 is 30.9 Å². The molecule has 3 rings (SSSR count). The van der Waals surface area contributed by atoms with Gasteiger partial charge in [0.05, 0.1) is 19.5 Å². The monoisotopic (exact) mass is 460 g/mol. The van der Waals surface area contributed by atoms with Gasteiger partial charge in [0.25, 0.3) is 5.56 Å². The highest BCUT2D eigenvalue weighted by Crippen LogP contribution is 2.44. The summed E-state index contributed by atoms with van der Waals surface area (Å²) in [5, 5.41) is 22.9. The number of hydrogen-bond acceptors (Lipinski definition) is 11. The van der Waals surface area contributed by atoms with Gasteiger partial charge in [-0.3, -0.25) is 28.2 Å². The standard InChI is InChI=1S/C15H21N6O9P/c1-2-8(22)17-3-4-28-31(26,27)29-5-7-10(23)11(24)14(30-7)21-6-18-9-12(21)19-15(16)20-13(9)25/h2,6-7,10-11,14,23-24H,1,3-5H2,(H,17,22)(H,26,27)(H3,16,19,20,25)/t7-,10-,11-,14-/m1/s1. The highest BCUT2D eigenvalue weighted by atomic mass is 31.2. The Labute approximate surface area is 174 Å².